The quantitative estimate of drug-likeness (QED) is 0.750. The smallest absolute Gasteiger partial charge is 0.186 e. The molecule has 0 radical (unpaired) electrons. The molecule has 0 atom stereocenters. The first kappa shape index (κ1) is 11.1. The number of nitrogens with zero attached hydrogens (tertiary/aromatic N) is 2. The van der Waals surface area contributed by atoms with Gasteiger partial charge >= 0.3 is 0 Å². The fourth-order valence-electron chi connectivity index (χ4n) is 2.37. The Labute approximate surface area is 104 Å². The molecule has 0 saturated carbocycles. The van der Waals surface area contributed by atoms with E-state index in [1.165, 1.54) is 0 Å². The highest BCUT2D eigenvalue weighted by Gasteiger charge is 2.39. The minimum Gasteiger partial charge on any atom is -0.339 e. The first-order chi connectivity index (χ1) is 8.40. The summed E-state index contributed by atoms with van der Waals surface area (Å²) in [6.07, 6.45) is 1.81. The lowest BCUT2D eigenvalue weighted by Gasteiger charge is -2.27. The molecule has 0 bridgehead atoms. The molecule has 5 nitrogen and oxygen atoms in total. The number of Topliss-reactive ketones (excluding diaryl/α,β-unsaturated/α-hetero) is 2. The SMILES string of the molecule is Cc1nc2c([nH]1)C(=O)CC1=C2C=NC(C)(C)C1=O. The number of hydrogen-bond acceptors (Lipinski definition) is 4. The molecule has 1 N–H and O–H groups in total. The van der Waals surface area contributed by atoms with Crippen LogP contribution in [-0.2, 0) is 4.79 Å². The molecule has 1 aliphatic carbocycles. The lowest BCUT2D eigenvalue weighted by Crippen LogP contribution is -2.36. The number of carbonyl (C=O) groups excluding carboxylic acids is 2. The van der Waals surface area contributed by atoms with Crippen LogP contribution in [0.3, 0.4) is 0 Å². The van der Waals surface area contributed by atoms with E-state index in [4.69, 9.17) is 0 Å². The highest BCUT2D eigenvalue weighted by Crippen LogP contribution is 2.35. The summed E-state index contributed by atoms with van der Waals surface area (Å²) in [4.78, 5) is 35.8. The Morgan fingerprint density at radius 3 is 2.78 bits per heavy atom. The van der Waals surface area contributed by atoms with Crippen molar-refractivity contribution in [3.8, 4) is 0 Å². The van der Waals surface area contributed by atoms with Gasteiger partial charge in [0.15, 0.2) is 11.6 Å². The molecule has 92 valence electrons. The molecule has 18 heavy (non-hydrogen) atoms. The van der Waals surface area contributed by atoms with Crippen molar-refractivity contribution in [2.24, 2.45) is 4.99 Å². The average molecular weight is 243 g/mol. The molecule has 3 rings (SSSR count). The summed E-state index contributed by atoms with van der Waals surface area (Å²) in [6, 6.07) is 0. The molecule has 0 aromatic carbocycles. The van der Waals surface area contributed by atoms with Crippen LogP contribution in [0.5, 0.6) is 0 Å². The maximum absolute atomic E-state index is 12.3. The second-order valence-corrected chi connectivity index (χ2v) is 5.18. The largest absolute Gasteiger partial charge is 0.339 e. The van der Waals surface area contributed by atoms with Crippen LogP contribution in [-0.4, -0.2) is 33.3 Å². The van der Waals surface area contributed by atoms with Crippen molar-refractivity contribution in [2.75, 3.05) is 0 Å². The van der Waals surface area contributed by atoms with Gasteiger partial charge < -0.3 is 4.98 Å². The molecule has 1 aliphatic heterocycles. The monoisotopic (exact) mass is 243 g/mol. The molecule has 5 heteroatoms. The molecule has 0 saturated heterocycles. The molecule has 0 fully saturated rings. The van der Waals surface area contributed by atoms with Crippen LogP contribution in [0.15, 0.2) is 10.6 Å². The molecular weight excluding hydrogens is 230 g/mol. The van der Waals surface area contributed by atoms with Crippen LogP contribution in [0.4, 0.5) is 0 Å². The second-order valence-electron chi connectivity index (χ2n) is 5.18. The van der Waals surface area contributed by atoms with Crippen molar-refractivity contribution in [2.45, 2.75) is 32.7 Å². The van der Waals surface area contributed by atoms with Gasteiger partial charge in [-0.1, -0.05) is 0 Å². The summed E-state index contributed by atoms with van der Waals surface area (Å²) in [5.74, 6) is 0.510. The van der Waals surface area contributed by atoms with Crippen LogP contribution in [0.2, 0.25) is 0 Å². The lowest BCUT2D eigenvalue weighted by atomic mass is 9.81. The number of aromatic nitrogens is 2. The first-order valence-corrected chi connectivity index (χ1v) is 5.83. The minimum atomic E-state index is -0.776. The number of imidazole rings is 1. The van der Waals surface area contributed by atoms with Gasteiger partial charge in [0.1, 0.15) is 22.8 Å². The summed E-state index contributed by atoms with van der Waals surface area (Å²) < 4.78 is 0. The summed E-state index contributed by atoms with van der Waals surface area (Å²) >= 11 is 0. The predicted molar refractivity (Wildman–Crippen MR) is 66.8 cm³/mol. The highest BCUT2D eigenvalue weighted by atomic mass is 16.1. The number of allylic oxidation sites excluding steroid dienone is 1. The van der Waals surface area contributed by atoms with E-state index < -0.39 is 5.54 Å². The fourth-order valence-corrected chi connectivity index (χ4v) is 2.37. The molecule has 0 spiro atoms. The lowest BCUT2D eigenvalue weighted by molar-refractivity contribution is -0.119. The Morgan fingerprint density at radius 1 is 1.33 bits per heavy atom. The average Bonchev–Trinajstić information content (AvgIpc) is 2.67. The second kappa shape index (κ2) is 3.25. The third-order valence-corrected chi connectivity index (χ3v) is 3.36. The van der Waals surface area contributed by atoms with Crippen molar-refractivity contribution in [3.05, 3.63) is 22.8 Å². The topological polar surface area (TPSA) is 75.2 Å². The van der Waals surface area contributed by atoms with Gasteiger partial charge in [0.05, 0.1) is 0 Å². The van der Waals surface area contributed by atoms with Gasteiger partial charge in [-0.15, -0.1) is 0 Å². The van der Waals surface area contributed by atoms with E-state index in [0.717, 1.165) is 0 Å². The number of aromatic amines is 1. The van der Waals surface area contributed by atoms with Gasteiger partial charge in [-0.05, 0) is 20.8 Å². The zero-order valence-corrected chi connectivity index (χ0v) is 10.5. The van der Waals surface area contributed by atoms with Gasteiger partial charge in [-0.2, -0.15) is 0 Å². The molecule has 2 heterocycles. The number of nitrogens with one attached hydrogen (secondary N) is 1. The van der Waals surface area contributed by atoms with Crippen molar-refractivity contribution in [1.29, 1.82) is 0 Å². The number of ketones is 2. The number of hydrogen-bond donors (Lipinski definition) is 1. The Kier molecular flexibility index (Phi) is 2.00. The number of fused-ring (bicyclic) bond motifs is 2. The highest BCUT2D eigenvalue weighted by molar-refractivity contribution is 6.29. The third-order valence-electron chi connectivity index (χ3n) is 3.36. The zero-order valence-electron chi connectivity index (χ0n) is 10.5. The van der Waals surface area contributed by atoms with Crippen LogP contribution in [0.1, 0.15) is 42.3 Å². The number of dihydropyridines is 1. The van der Waals surface area contributed by atoms with E-state index in [1.54, 1.807) is 27.0 Å². The molecule has 0 unspecified atom stereocenters. The van der Waals surface area contributed by atoms with Crippen LogP contribution < -0.4 is 0 Å². The fraction of sp³-hybridized carbons (Fsp3) is 0.385. The first-order valence-electron chi connectivity index (χ1n) is 5.83. The van der Waals surface area contributed by atoms with Crippen molar-refractivity contribution in [1.82, 2.24) is 9.97 Å². The number of rotatable bonds is 0. The molecule has 2 aliphatic rings. The summed E-state index contributed by atoms with van der Waals surface area (Å²) in [5, 5.41) is 0. The standard InChI is InChI=1S/C13H13N3O2/c1-6-15-10-8-5-14-13(2,3)12(18)7(8)4-9(17)11(10)16-6/h5H,4H2,1-3H3,(H,15,16). The third kappa shape index (κ3) is 1.33. The zero-order chi connectivity index (χ0) is 13.1. The van der Waals surface area contributed by atoms with Gasteiger partial charge in [0, 0.05) is 23.8 Å². The van der Waals surface area contributed by atoms with E-state index in [9.17, 15) is 9.59 Å². The molecular formula is C13H13N3O2. The summed E-state index contributed by atoms with van der Waals surface area (Å²) in [5.41, 5.74) is 1.51. The summed E-state index contributed by atoms with van der Waals surface area (Å²) in [7, 11) is 0. The van der Waals surface area contributed by atoms with Crippen LogP contribution in [0.25, 0.3) is 5.57 Å². The molecule has 1 aromatic rings. The van der Waals surface area contributed by atoms with Gasteiger partial charge in [0.2, 0.25) is 0 Å². The van der Waals surface area contributed by atoms with Crippen LogP contribution >= 0.6 is 0 Å². The number of carbonyl (C=O) groups is 2. The van der Waals surface area contributed by atoms with Gasteiger partial charge in [0.25, 0.3) is 0 Å². The van der Waals surface area contributed by atoms with Crippen LogP contribution in [0, 0.1) is 6.92 Å². The van der Waals surface area contributed by atoms with Crippen molar-refractivity contribution < 1.29 is 9.59 Å². The van der Waals surface area contributed by atoms with Crippen molar-refractivity contribution in [3.63, 3.8) is 0 Å². The van der Waals surface area contributed by atoms with E-state index >= 15 is 0 Å². The van der Waals surface area contributed by atoms with Gasteiger partial charge in [-0.25, -0.2) is 4.98 Å². The number of H-pyrrole nitrogens is 1. The normalized spacial score (nSPS) is 21.1. The number of aliphatic imine (C=N–C) groups is 1. The maximum atomic E-state index is 12.3. The Balaban J connectivity index is 2.24. The Bertz CT molecular complexity index is 647. The van der Waals surface area contributed by atoms with E-state index in [-0.39, 0.29) is 18.0 Å². The van der Waals surface area contributed by atoms with E-state index in [0.29, 0.717) is 28.4 Å². The van der Waals surface area contributed by atoms with Gasteiger partial charge in [-0.3, -0.25) is 14.6 Å². The van der Waals surface area contributed by atoms with E-state index in [1.807, 2.05) is 0 Å². The summed E-state index contributed by atoms with van der Waals surface area (Å²) in [6.45, 7) is 5.30. The number of aryl methyl sites for hydroxylation is 1. The predicted octanol–water partition coefficient (Wildman–Crippen LogP) is 1.49. The maximum Gasteiger partial charge on any atom is 0.186 e. The molecule has 0 amide bonds. The molecule has 1 aromatic heterocycles. The Hall–Kier alpha value is -2.04. The Morgan fingerprint density at radius 2 is 2.06 bits per heavy atom. The minimum absolute atomic E-state index is 0.0798. The van der Waals surface area contributed by atoms with Crippen molar-refractivity contribution >= 4 is 23.4 Å². The van der Waals surface area contributed by atoms with E-state index in [2.05, 4.69) is 15.0 Å².